The van der Waals surface area contributed by atoms with Gasteiger partial charge < -0.3 is 10.1 Å². The molecule has 3 aromatic rings. The summed E-state index contributed by atoms with van der Waals surface area (Å²) in [6.45, 7) is 4.30. The van der Waals surface area contributed by atoms with E-state index in [-0.39, 0.29) is 17.7 Å². The molecule has 0 aliphatic heterocycles. The van der Waals surface area contributed by atoms with E-state index in [2.05, 4.69) is 34.3 Å². The molecule has 1 amide bonds. The maximum Gasteiger partial charge on any atom is 0.230 e. The largest absolute Gasteiger partial charge is 0.496 e. The van der Waals surface area contributed by atoms with E-state index >= 15 is 0 Å². The zero-order chi connectivity index (χ0) is 21.5. The van der Waals surface area contributed by atoms with E-state index in [1.165, 1.54) is 11.8 Å². The van der Waals surface area contributed by atoms with Crippen molar-refractivity contribution in [2.24, 2.45) is 5.92 Å². The van der Waals surface area contributed by atoms with E-state index in [0.717, 1.165) is 17.5 Å². The Balaban J connectivity index is 1.63. The molecule has 6 nitrogen and oxygen atoms in total. The molecular weight excluding hydrogens is 420 g/mol. The summed E-state index contributed by atoms with van der Waals surface area (Å²) in [5, 5.41) is 11.3. The summed E-state index contributed by atoms with van der Waals surface area (Å²) in [7, 11) is 1.59. The average Bonchev–Trinajstić information content (AvgIpc) is 3.21. The van der Waals surface area contributed by atoms with Gasteiger partial charge >= 0.3 is 0 Å². The highest BCUT2D eigenvalue weighted by Gasteiger charge is 2.17. The molecule has 30 heavy (non-hydrogen) atoms. The second-order valence-corrected chi connectivity index (χ2v) is 8.64. The lowest BCUT2D eigenvalue weighted by Gasteiger charge is -2.21. The van der Waals surface area contributed by atoms with Crippen molar-refractivity contribution in [1.82, 2.24) is 20.5 Å². The lowest BCUT2D eigenvalue weighted by atomic mass is 9.97. The second-order valence-electron chi connectivity index (χ2n) is 7.26. The number of benzene rings is 2. The number of halogens is 1. The van der Waals surface area contributed by atoms with Crippen molar-refractivity contribution in [3.63, 3.8) is 0 Å². The fourth-order valence-electron chi connectivity index (χ4n) is 3.10. The first-order chi connectivity index (χ1) is 14.5. The zero-order valence-electron chi connectivity index (χ0n) is 17.2. The Kier molecular flexibility index (Phi) is 7.76. The molecular formula is C22H25ClN4O2S. The summed E-state index contributed by atoms with van der Waals surface area (Å²) in [6.07, 6.45) is 0.875. The van der Waals surface area contributed by atoms with Crippen LogP contribution in [0.4, 0.5) is 0 Å². The first kappa shape index (κ1) is 22.2. The number of carbonyl (C=O) groups is 1. The highest BCUT2D eigenvalue weighted by molar-refractivity contribution is 7.99. The van der Waals surface area contributed by atoms with E-state index in [1.54, 1.807) is 25.3 Å². The SMILES string of the molecule is COc1ccc(Cl)cc1-c1nc(SCC(=O)NC(CC(C)C)c2ccccc2)n[nH]1. The van der Waals surface area contributed by atoms with Gasteiger partial charge in [0, 0.05) is 5.02 Å². The molecule has 0 aliphatic rings. The molecule has 0 aliphatic carbocycles. The fourth-order valence-corrected chi connectivity index (χ4v) is 3.88. The van der Waals surface area contributed by atoms with Crippen molar-refractivity contribution < 1.29 is 9.53 Å². The molecule has 1 aromatic heterocycles. The van der Waals surface area contributed by atoms with Crippen molar-refractivity contribution in [2.75, 3.05) is 12.9 Å². The molecule has 1 atom stereocenters. The summed E-state index contributed by atoms with van der Waals surface area (Å²) in [4.78, 5) is 17.0. The summed E-state index contributed by atoms with van der Waals surface area (Å²) in [5.74, 6) is 1.82. The number of aromatic amines is 1. The molecule has 2 aromatic carbocycles. The van der Waals surface area contributed by atoms with Crippen LogP contribution in [0, 0.1) is 5.92 Å². The molecule has 158 valence electrons. The van der Waals surface area contributed by atoms with E-state index in [1.807, 2.05) is 30.3 Å². The Morgan fingerprint density at radius 1 is 1.23 bits per heavy atom. The van der Waals surface area contributed by atoms with E-state index < -0.39 is 0 Å². The summed E-state index contributed by atoms with van der Waals surface area (Å²) < 4.78 is 5.36. The van der Waals surface area contributed by atoms with Crippen LogP contribution >= 0.6 is 23.4 Å². The van der Waals surface area contributed by atoms with Gasteiger partial charge in [0.1, 0.15) is 5.75 Å². The first-order valence-corrected chi connectivity index (χ1v) is 11.1. The number of amides is 1. The smallest absolute Gasteiger partial charge is 0.230 e. The molecule has 8 heteroatoms. The van der Waals surface area contributed by atoms with Gasteiger partial charge in [-0.15, -0.1) is 5.10 Å². The van der Waals surface area contributed by atoms with Gasteiger partial charge in [0.2, 0.25) is 11.1 Å². The molecule has 0 bridgehead atoms. The van der Waals surface area contributed by atoms with Crippen LogP contribution in [0.3, 0.4) is 0 Å². The van der Waals surface area contributed by atoms with Crippen LogP contribution in [0.15, 0.2) is 53.7 Å². The molecule has 1 heterocycles. The number of ether oxygens (including phenoxy) is 1. The number of rotatable bonds is 9. The van der Waals surface area contributed by atoms with Gasteiger partial charge in [-0.25, -0.2) is 4.98 Å². The standard InChI is InChI=1S/C22H25ClN4O2S/c1-14(2)11-18(15-7-5-4-6-8-15)24-20(28)13-30-22-25-21(26-27-22)17-12-16(23)9-10-19(17)29-3/h4-10,12,14,18H,11,13H2,1-3H3,(H,24,28)(H,25,26,27). The molecule has 0 saturated heterocycles. The maximum absolute atomic E-state index is 12.6. The van der Waals surface area contributed by atoms with Crippen LogP contribution in [0.25, 0.3) is 11.4 Å². The van der Waals surface area contributed by atoms with Crippen molar-refractivity contribution in [2.45, 2.75) is 31.5 Å². The van der Waals surface area contributed by atoms with E-state index in [4.69, 9.17) is 16.3 Å². The lowest BCUT2D eigenvalue weighted by molar-refractivity contribution is -0.119. The van der Waals surface area contributed by atoms with Crippen molar-refractivity contribution in [3.05, 3.63) is 59.1 Å². The average molecular weight is 445 g/mol. The topological polar surface area (TPSA) is 79.9 Å². The predicted molar refractivity (Wildman–Crippen MR) is 121 cm³/mol. The van der Waals surface area contributed by atoms with Crippen molar-refractivity contribution in [3.8, 4) is 17.1 Å². The minimum Gasteiger partial charge on any atom is -0.496 e. The van der Waals surface area contributed by atoms with Gasteiger partial charge in [-0.05, 0) is 36.1 Å². The summed E-state index contributed by atoms with van der Waals surface area (Å²) in [5.41, 5.74) is 1.83. The lowest BCUT2D eigenvalue weighted by Crippen LogP contribution is -2.30. The van der Waals surface area contributed by atoms with Crippen LogP contribution in [0.5, 0.6) is 5.75 Å². The highest BCUT2D eigenvalue weighted by Crippen LogP contribution is 2.31. The van der Waals surface area contributed by atoms with Crippen LogP contribution < -0.4 is 10.1 Å². The van der Waals surface area contributed by atoms with Crippen molar-refractivity contribution in [1.29, 1.82) is 0 Å². The fraction of sp³-hybridized carbons (Fsp3) is 0.318. The first-order valence-electron chi connectivity index (χ1n) is 9.69. The minimum absolute atomic E-state index is 0.0160. The van der Waals surface area contributed by atoms with Gasteiger partial charge in [0.05, 0.1) is 24.5 Å². The Labute approximate surface area is 185 Å². The normalized spacial score (nSPS) is 12.0. The minimum atomic E-state index is -0.0545. The van der Waals surface area contributed by atoms with Gasteiger partial charge in [0.15, 0.2) is 5.82 Å². The molecule has 3 rings (SSSR count). The maximum atomic E-state index is 12.6. The molecule has 0 saturated carbocycles. The van der Waals surface area contributed by atoms with Crippen LogP contribution in [0.1, 0.15) is 31.9 Å². The number of hydrogen-bond donors (Lipinski definition) is 2. The molecule has 0 radical (unpaired) electrons. The molecule has 0 spiro atoms. The third-order valence-electron chi connectivity index (χ3n) is 4.46. The van der Waals surface area contributed by atoms with Crippen molar-refractivity contribution >= 4 is 29.3 Å². The summed E-state index contributed by atoms with van der Waals surface area (Å²) >= 11 is 7.37. The number of aromatic nitrogens is 3. The molecule has 2 N–H and O–H groups in total. The Bertz CT molecular complexity index is 978. The van der Waals surface area contributed by atoms with Gasteiger partial charge in [-0.1, -0.05) is 67.5 Å². The number of methoxy groups -OCH3 is 1. The quantitative estimate of drug-likeness (QED) is 0.447. The van der Waals surface area contributed by atoms with Crippen LogP contribution in [-0.2, 0) is 4.79 Å². The third kappa shape index (κ3) is 6.00. The number of hydrogen-bond acceptors (Lipinski definition) is 5. The highest BCUT2D eigenvalue weighted by atomic mass is 35.5. The third-order valence-corrected chi connectivity index (χ3v) is 5.54. The van der Waals surface area contributed by atoms with Gasteiger partial charge in [0.25, 0.3) is 0 Å². The second kappa shape index (κ2) is 10.5. The Morgan fingerprint density at radius 3 is 2.70 bits per heavy atom. The molecule has 0 fully saturated rings. The predicted octanol–water partition coefficient (Wildman–Crippen LogP) is 5.13. The number of nitrogens with zero attached hydrogens (tertiary/aromatic N) is 2. The number of nitrogens with one attached hydrogen (secondary N) is 2. The van der Waals surface area contributed by atoms with Crippen LogP contribution in [-0.4, -0.2) is 34.0 Å². The Morgan fingerprint density at radius 2 is 2.00 bits per heavy atom. The zero-order valence-corrected chi connectivity index (χ0v) is 18.8. The number of H-pyrrole nitrogens is 1. The monoisotopic (exact) mass is 444 g/mol. The van der Waals surface area contributed by atoms with E-state index in [9.17, 15) is 4.79 Å². The Hall–Kier alpha value is -2.51. The van der Waals surface area contributed by atoms with Crippen LogP contribution in [0.2, 0.25) is 5.02 Å². The number of carbonyl (C=O) groups excluding carboxylic acids is 1. The molecule has 1 unspecified atom stereocenters. The van der Waals surface area contributed by atoms with Gasteiger partial charge in [-0.3, -0.25) is 9.89 Å². The number of thioether (sulfide) groups is 1. The van der Waals surface area contributed by atoms with E-state index in [0.29, 0.717) is 27.7 Å². The summed E-state index contributed by atoms with van der Waals surface area (Å²) in [6, 6.07) is 15.3. The van der Waals surface area contributed by atoms with Gasteiger partial charge in [-0.2, -0.15) is 0 Å².